The van der Waals surface area contributed by atoms with Crippen molar-refractivity contribution in [2.45, 2.75) is 92.3 Å². The van der Waals surface area contributed by atoms with Gasteiger partial charge in [0.1, 0.15) is 0 Å². The number of aliphatic hydroxyl groups is 1. The monoisotopic (exact) mass is 462 g/mol. The van der Waals surface area contributed by atoms with Crippen molar-refractivity contribution in [1.29, 1.82) is 0 Å². The second-order valence-corrected chi connectivity index (χ2v) is 12.8. The molecule has 0 radical (unpaired) electrons. The summed E-state index contributed by atoms with van der Waals surface area (Å²) in [6.45, 7) is 13.2. The zero-order chi connectivity index (χ0) is 23.7. The number of carbonyl (C=O) groups excluding carboxylic acids is 2. The minimum absolute atomic E-state index is 0.0181. The molecule has 7 atom stereocenters. The maximum absolute atomic E-state index is 12.9. The molecule has 1 aromatic heterocycles. The van der Waals surface area contributed by atoms with Crippen LogP contribution in [0.15, 0.2) is 17.5 Å². The molecule has 2 aliphatic carbocycles. The van der Waals surface area contributed by atoms with Gasteiger partial charge in [0.05, 0.1) is 12.6 Å². The van der Waals surface area contributed by atoms with E-state index < -0.39 is 6.10 Å². The Kier molecular flexibility index (Phi) is 7.76. The van der Waals surface area contributed by atoms with Gasteiger partial charge in [-0.2, -0.15) is 0 Å². The first-order valence-corrected chi connectivity index (χ1v) is 13.1. The van der Waals surface area contributed by atoms with Crippen LogP contribution in [0.25, 0.3) is 0 Å². The van der Waals surface area contributed by atoms with Gasteiger partial charge in [0.2, 0.25) is 11.8 Å². The summed E-state index contributed by atoms with van der Waals surface area (Å²) in [6.07, 6.45) is 3.83. The Hall–Kier alpha value is -1.40. The lowest BCUT2D eigenvalue weighted by atomic mass is 9.51. The maximum atomic E-state index is 12.9. The number of carbonyl (C=O) groups is 2. The number of fused-ring (bicyclic) bond motifs is 1. The highest BCUT2D eigenvalue weighted by Gasteiger charge is 2.53. The molecule has 2 fully saturated rings. The van der Waals surface area contributed by atoms with Gasteiger partial charge in [-0.1, -0.05) is 47.6 Å². The van der Waals surface area contributed by atoms with E-state index in [1.807, 2.05) is 24.4 Å². The van der Waals surface area contributed by atoms with Gasteiger partial charge in [-0.3, -0.25) is 9.59 Å². The molecular weight excluding hydrogens is 420 g/mol. The number of rotatable bonds is 6. The predicted molar refractivity (Wildman–Crippen MR) is 130 cm³/mol. The van der Waals surface area contributed by atoms with Crippen molar-refractivity contribution in [3.63, 3.8) is 0 Å². The molecule has 0 bridgehead atoms. The van der Waals surface area contributed by atoms with Crippen molar-refractivity contribution in [3.05, 3.63) is 22.4 Å². The summed E-state index contributed by atoms with van der Waals surface area (Å²) in [5.41, 5.74) is 0.0195. The fraction of sp³-hybridized carbons (Fsp3) is 0.769. The van der Waals surface area contributed by atoms with Crippen LogP contribution in [-0.4, -0.2) is 29.1 Å². The molecule has 32 heavy (non-hydrogen) atoms. The van der Waals surface area contributed by atoms with Gasteiger partial charge in [0.25, 0.3) is 0 Å². The minimum Gasteiger partial charge on any atom is -0.392 e. The Bertz CT molecular complexity index is 787. The lowest BCUT2D eigenvalue weighted by molar-refractivity contribution is -0.144. The third kappa shape index (κ3) is 5.74. The van der Waals surface area contributed by atoms with E-state index in [0.29, 0.717) is 13.0 Å². The summed E-state index contributed by atoms with van der Waals surface area (Å²) in [5, 5.41) is 19.9. The molecule has 2 aliphatic rings. The highest BCUT2D eigenvalue weighted by molar-refractivity contribution is 7.09. The van der Waals surface area contributed by atoms with Crippen LogP contribution in [0.4, 0.5) is 0 Å². The second-order valence-electron chi connectivity index (χ2n) is 11.8. The fourth-order valence-electron chi connectivity index (χ4n) is 6.18. The van der Waals surface area contributed by atoms with E-state index in [1.165, 1.54) is 0 Å². The van der Waals surface area contributed by atoms with Crippen LogP contribution in [0.3, 0.4) is 0 Å². The summed E-state index contributed by atoms with van der Waals surface area (Å²) in [7, 11) is 0. The van der Waals surface area contributed by atoms with E-state index >= 15 is 0 Å². The van der Waals surface area contributed by atoms with E-state index in [0.717, 1.165) is 30.6 Å². The summed E-state index contributed by atoms with van der Waals surface area (Å²) in [4.78, 5) is 26.6. The molecule has 0 spiro atoms. The van der Waals surface area contributed by atoms with Gasteiger partial charge < -0.3 is 15.7 Å². The van der Waals surface area contributed by atoms with Crippen molar-refractivity contribution >= 4 is 23.2 Å². The van der Waals surface area contributed by atoms with Gasteiger partial charge >= 0.3 is 0 Å². The van der Waals surface area contributed by atoms with Crippen LogP contribution < -0.4 is 10.6 Å². The maximum Gasteiger partial charge on any atom is 0.223 e. The SMILES string of the molecule is C[C@@H]1[C@@H]2[C@@H](O)[C@H]([C@H](C)C(=O)NCc3cccs3)CC[C@]2(C)CC[C@@H]1NC(=O)CC(C)(C)C. The highest BCUT2D eigenvalue weighted by Crippen LogP contribution is 2.55. The molecule has 0 unspecified atom stereocenters. The van der Waals surface area contributed by atoms with Gasteiger partial charge in [0.15, 0.2) is 0 Å². The van der Waals surface area contributed by atoms with Gasteiger partial charge in [-0.15, -0.1) is 11.3 Å². The van der Waals surface area contributed by atoms with Crippen LogP contribution in [0.1, 0.15) is 78.5 Å². The van der Waals surface area contributed by atoms with E-state index in [-0.39, 0.29) is 52.4 Å². The number of thiophene rings is 1. The smallest absolute Gasteiger partial charge is 0.223 e. The molecule has 0 aromatic carbocycles. The molecule has 5 nitrogen and oxygen atoms in total. The Morgan fingerprint density at radius 2 is 1.97 bits per heavy atom. The summed E-state index contributed by atoms with van der Waals surface area (Å²) in [6, 6.07) is 4.09. The number of hydrogen-bond donors (Lipinski definition) is 3. The van der Waals surface area contributed by atoms with Crippen LogP contribution in [-0.2, 0) is 16.1 Å². The van der Waals surface area contributed by atoms with Crippen molar-refractivity contribution in [1.82, 2.24) is 10.6 Å². The summed E-state index contributed by atoms with van der Waals surface area (Å²) in [5.74, 6) is 0.0884. The van der Waals surface area contributed by atoms with E-state index in [9.17, 15) is 14.7 Å². The predicted octanol–water partition coefficient (Wildman–Crippen LogP) is 4.74. The molecule has 1 heterocycles. The number of aliphatic hydroxyl groups excluding tert-OH is 1. The zero-order valence-electron chi connectivity index (χ0n) is 20.6. The van der Waals surface area contributed by atoms with Crippen molar-refractivity contribution in [3.8, 4) is 0 Å². The number of hydrogen-bond acceptors (Lipinski definition) is 4. The first kappa shape index (κ1) is 25.2. The molecule has 3 rings (SSSR count). The lowest BCUT2D eigenvalue weighted by Gasteiger charge is -2.56. The van der Waals surface area contributed by atoms with E-state index in [1.54, 1.807) is 11.3 Å². The Labute approximate surface area is 197 Å². The number of nitrogens with one attached hydrogen (secondary N) is 2. The molecule has 0 aliphatic heterocycles. The first-order valence-electron chi connectivity index (χ1n) is 12.2. The average Bonchev–Trinajstić information content (AvgIpc) is 3.20. The average molecular weight is 463 g/mol. The third-order valence-electron chi connectivity index (χ3n) is 8.00. The second kappa shape index (κ2) is 9.84. The van der Waals surface area contributed by atoms with Crippen LogP contribution >= 0.6 is 11.3 Å². The van der Waals surface area contributed by atoms with Gasteiger partial charge in [0, 0.05) is 23.3 Å². The topological polar surface area (TPSA) is 78.4 Å². The molecule has 6 heteroatoms. The Balaban J connectivity index is 1.66. The van der Waals surface area contributed by atoms with Crippen LogP contribution in [0.5, 0.6) is 0 Å². The largest absolute Gasteiger partial charge is 0.392 e. The number of amides is 2. The van der Waals surface area contributed by atoms with Crippen molar-refractivity contribution < 1.29 is 14.7 Å². The first-order chi connectivity index (χ1) is 14.9. The van der Waals surface area contributed by atoms with Crippen LogP contribution in [0, 0.1) is 34.5 Å². The van der Waals surface area contributed by atoms with Crippen LogP contribution in [0.2, 0.25) is 0 Å². The van der Waals surface area contributed by atoms with E-state index in [4.69, 9.17) is 0 Å². The molecule has 180 valence electrons. The normalized spacial score (nSPS) is 33.8. The van der Waals surface area contributed by atoms with Gasteiger partial charge in [-0.25, -0.2) is 0 Å². The third-order valence-corrected chi connectivity index (χ3v) is 8.87. The summed E-state index contributed by atoms with van der Waals surface area (Å²) >= 11 is 1.64. The molecule has 2 amide bonds. The highest BCUT2D eigenvalue weighted by atomic mass is 32.1. The Morgan fingerprint density at radius 1 is 1.28 bits per heavy atom. The standard InChI is InChI=1S/C26H42N2O3S/c1-16(24(31)27-15-18-8-7-13-32-18)19-9-11-26(6)12-10-20(17(2)22(26)23(19)30)28-21(29)14-25(3,4)5/h7-8,13,16-17,19-20,22-23,30H,9-12,14-15H2,1-6H3,(H,27,31)(H,28,29)/t16-,17-,19-,20-,22+,23-,26+/m0/s1. The molecule has 1 aromatic rings. The molecule has 0 saturated heterocycles. The van der Waals surface area contributed by atoms with Crippen molar-refractivity contribution in [2.24, 2.45) is 34.5 Å². The molecule has 3 N–H and O–H groups in total. The molecule has 2 saturated carbocycles. The van der Waals surface area contributed by atoms with Gasteiger partial charge in [-0.05, 0) is 65.7 Å². The Morgan fingerprint density at radius 3 is 2.59 bits per heavy atom. The zero-order valence-corrected chi connectivity index (χ0v) is 21.4. The molecular formula is C26H42N2O3S. The van der Waals surface area contributed by atoms with Crippen molar-refractivity contribution in [2.75, 3.05) is 0 Å². The lowest BCUT2D eigenvalue weighted by Crippen LogP contribution is -2.58. The minimum atomic E-state index is -0.534. The fourth-order valence-corrected chi connectivity index (χ4v) is 6.82. The summed E-state index contributed by atoms with van der Waals surface area (Å²) < 4.78 is 0. The van der Waals surface area contributed by atoms with E-state index in [2.05, 4.69) is 45.3 Å². The quantitative estimate of drug-likeness (QED) is 0.571.